The van der Waals surface area contributed by atoms with E-state index in [9.17, 15) is 9.90 Å². The minimum Gasteiger partial charge on any atom is -0.459 e. The van der Waals surface area contributed by atoms with Crippen molar-refractivity contribution in [2.24, 2.45) is 0 Å². The topological polar surface area (TPSA) is 59.4 Å². The van der Waals surface area contributed by atoms with Crippen LogP contribution in [0, 0.1) is 0 Å². The van der Waals surface area contributed by atoms with Gasteiger partial charge in [-0.2, -0.15) is 0 Å². The molecular weight excluding hydrogens is 230 g/mol. The summed E-state index contributed by atoms with van der Waals surface area (Å²) in [6.07, 6.45) is 1.72. The summed E-state index contributed by atoms with van der Waals surface area (Å²) in [6, 6.07) is 12.6. The number of aromatic nitrogens is 1. The van der Waals surface area contributed by atoms with Crippen LogP contribution < -0.4 is 0 Å². The van der Waals surface area contributed by atoms with Crippen LogP contribution >= 0.6 is 0 Å². The largest absolute Gasteiger partial charge is 0.459 e. The first-order chi connectivity index (χ1) is 8.77. The fraction of sp³-hybridized carbons (Fsp3) is 0.143. The Morgan fingerprint density at radius 3 is 2.67 bits per heavy atom. The van der Waals surface area contributed by atoms with Gasteiger partial charge < -0.3 is 9.84 Å². The monoisotopic (exact) mass is 243 g/mol. The number of rotatable bonds is 4. The highest BCUT2D eigenvalue weighted by Gasteiger charge is 2.18. The molecular formula is C14H13NO3. The fourth-order valence-electron chi connectivity index (χ4n) is 1.48. The molecule has 0 saturated carbocycles. The molecule has 1 heterocycles. The van der Waals surface area contributed by atoms with E-state index >= 15 is 0 Å². The Morgan fingerprint density at radius 1 is 1.22 bits per heavy atom. The molecule has 0 aliphatic heterocycles. The first kappa shape index (κ1) is 12.3. The van der Waals surface area contributed by atoms with Crippen molar-refractivity contribution >= 4 is 5.97 Å². The van der Waals surface area contributed by atoms with Crippen molar-refractivity contribution in [3.8, 4) is 0 Å². The Labute approximate surface area is 105 Å². The summed E-state index contributed by atoms with van der Waals surface area (Å²) in [5, 5.41) is 9.75. The number of hydrogen-bond donors (Lipinski definition) is 1. The zero-order valence-corrected chi connectivity index (χ0v) is 9.69. The Kier molecular flexibility index (Phi) is 4.04. The second-order valence-electron chi connectivity index (χ2n) is 3.78. The van der Waals surface area contributed by atoms with Gasteiger partial charge >= 0.3 is 5.97 Å². The van der Waals surface area contributed by atoms with Gasteiger partial charge in [0.15, 0.2) is 6.10 Å². The molecule has 92 valence electrons. The van der Waals surface area contributed by atoms with E-state index in [-0.39, 0.29) is 6.61 Å². The molecule has 0 aliphatic carbocycles. The van der Waals surface area contributed by atoms with Crippen molar-refractivity contribution in [3.05, 3.63) is 66.0 Å². The maximum atomic E-state index is 11.6. The minimum atomic E-state index is -1.29. The van der Waals surface area contributed by atoms with Crippen LogP contribution in [0.2, 0.25) is 0 Å². The molecule has 0 bridgehead atoms. The molecule has 0 aliphatic rings. The maximum Gasteiger partial charge on any atom is 0.340 e. The van der Waals surface area contributed by atoms with E-state index < -0.39 is 12.1 Å². The predicted molar refractivity (Wildman–Crippen MR) is 65.4 cm³/mol. The third-order valence-electron chi connectivity index (χ3n) is 2.45. The standard InChI is InChI=1S/C14H13NO3/c16-13(12-7-4-8-15-9-12)14(17)18-10-11-5-2-1-3-6-11/h1-9,13,16H,10H2. The smallest absolute Gasteiger partial charge is 0.340 e. The molecule has 2 rings (SSSR count). The molecule has 4 heteroatoms. The molecule has 0 saturated heterocycles. The Hall–Kier alpha value is -2.20. The van der Waals surface area contributed by atoms with E-state index in [2.05, 4.69) is 4.98 Å². The van der Waals surface area contributed by atoms with E-state index in [1.54, 1.807) is 18.3 Å². The maximum absolute atomic E-state index is 11.6. The predicted octanol–water partition coefficient (Wildman–Crippen LogP) is 1.86. The number of hydrogen-bond acceptors (Lipinski definition) is 4. The lowest BCUT2D eigenvalue weighted by Crippen LogP contribution is -2.15. The molecule has 1 N–H and O–H groups in total. The van der Waals surface area contributed by atoms with Crippen molar-refractivity contribution in [2.75, 3.05) is 0 Å². The van der Waals surface area contributed by atoms with Gasteiger partial charge in [-0.05, 0) is 11.6 Å². The molecule has 1 unspecified atom stereocenters. The van der Waals surface area contributed by atoms with Crippen molar-refractivity contribution < 1.29 is 14.6 Å². The summed E-state index contributed by atoms with van der Waals surface area (Å²) in [5.74, 6) is -0.674. The zero-order valence-electron chi connectivity index (χ0n) is 9.69. The molecule has 18 heavy (non-hydrogen) atoms. The highest BCUT2D eigenvalue weighted by molar-refractivity contribution is 5.76. The summed E-state index contributed by atoms with van der Waals surface area (Å²) >= 11 is 0. The number of esters is 1. The van der Waals surface area contributed by atoms with Crippen LogP contribution in [0.15, 0.2) is 54.9 Å². The van der Waals surface area contributed by atoms with Gasteiger partial charge in [-0.15, -0.1) is 0 Å². The van der Waals surface area contributed by atoms with E-state index in [4.69, 9.17) is 4.74 Å². The molecule has 4 nitrogen and oxygen atoms in total. The molecule has 0 spiro atoms. The Bertz CT molecular complexity index is 499. The van der Waals surface area contributed by atoms with Gasteiger partial charge in [-0.1, -0.05) is 36.4 Å². The van der Waals surface area contributed by atoms with Crippen LogP contribution in [0.3, 0.4) is 0 Å². The average Bonchev–Trinajstić information content (AvgIpc) is 2.46. The molecule has 1 aromatic heterocycles. The number of carbonyl (C=O) groups is 1. The van der Waals surface area contributed by atoms with Crippen LogP contribution in [-0.4, -0.2) is 16.1 Å². The van der Waals surface area contributed by atoms with E-state index in [0.717, 1.165) is 5.56 Å². The fourth-order valence-corrected chi connectivity index (χ4v) is 1.48. The molecule has 0 amide bonds. The van der Waals surface area contributed by atoms with E-state index in [1.165, 1.54) is 6.20 Å². The SMILES string of the molecule is O=C(OCc1ccccc1)C(O)c1cccnc1. The summed E-state index contributed by atoms with van der Waals surface area (Å²) in [6.45, 7) is 0.150. The van der Waals surface area contributed by atoms with E-state index in [1.807, 2.05) is 30.3 Å². The van der Waals surface area contributed by atoms with Gasteiger partial charge in [0.05, 0.1) is 0 Å². The summed E-state index contributed by atoms with van der Waals surface area (Å²) < 4.78 is 5.03. The minimum absolute atomic E-state index is 0.150. The van der Waals surface area contributed by atoms with Crippen molar-refractivity contribution in [1.29, 1.82) is 0 Å². The third-order valence-corrected chi connectivity index (χ3v) is 2.45. The van der Waals surface area contributed by atoms with Gasteiger partial charge in [0, 0.05) is 18.0 Å². The van der Waals surface area contributed by atoms with Crippen molar-refractivity contribution in [2.45, 2.75) is 12.7 Å². The molecule has 1 aromatic carbocycles. The lowest BCUT2D eigenvalue weighted by atomic mass is 10.2. The van der Waals surface area contributed by atoms with Gasteiger partial charge in [-0.25, -0.2) is 4.79 Å². The Balaban J connectivity index is 1.93. The first-order valence-electron chi connectivity index (χ1n) is 5.56. The van der Waals surface area contributed by atoms with Crippen LogP contribution in [0.1, 0.15) is 17.2 Å². The van der Waals surface area contributed by atoms with Gasteiger partial charge in [0.1, 0.15) is 6.61 Å². The van der Waals surface area contributed by atoms with E-state index in [0.29, 0.717) is 5.56 Å². The van der Waals surface area contributed by atoms with Gasteiger partial charge in [0.2, 0.25) is 0 Å². The van der Waals surface area contributed by atoms with Crippen LogP contribution in [0.25, 0.3) is 0 Å². The number of benzene rings is 1. The average molecular weight is 243 g/mol. The molecule has 0 radical (unpaired) electrons. The summed E-state index contributed by atoms with van der Waals surface area (Å²) in [7, 11) is 0. The lowest BCUT2D eigenvalue weighted by Gasteiger charge is -2.10. The van der Waals surface area contributed by atoms with Gasteiger partial charge in [-0.3, -0.25) is 4.98 Å². The first-order valence-corrected chi connectivity index (χ1v) is 5.56. The number of ether oxygens (including phenoxy) is 1. The number of aliphatic hydroxyl groups excluding tert-OH is 1. The number of pyridine rings is 1. The number of aliphatic hydroxyl groups is 1. The second-order valence-corrected chi connectivity index (χ2v) is 3.78. The highest BCUT2D eigenvalue weighted by atomic mass is 16.5. The highest BCUT2D eigenvalue weighted by Crippen LogP contribution is 2.13. The van der Waals surface area contributed by atoms with Crippen molar-refractivity contribution in [3.63, 3.8) is 0 Å². The quantitative estimate of drug-likeness (QED) is 0.833. The van der Waals surface area contributed by atoms with Crippen LogP contribution in [-0.2, 0) is 16.1 Å². The lowest BCUT2D eigenvalue weighted by molar-refractivity contribution is -0.155. The molecule has 2 aromatic rings. The summed E-state index contributed by atoms with van der Waals surface area (Å²) in [5.41, 5.74) is 1.31. The van der Waals surface area contributed by atoms with Crippen LogP contribution in [0.4, 0.5) is 0 Å². The van der Waals surface area contributed by atoms with Crippen LogP contribution in [0.5, 0.6) is 0 Å². The third kappa shape index (κ3) is 3.15. The number of carbonyl (C=O) groups excluding carboxylic acids is 1. The molecule has 0 fully saturated rings. The van der Waals surface area contributed by atoms with Gasteiger partial charge in [0.25, 0.3) is 0 Å². The second kappa shape index (κ2) is 5.93. The normalized spacial score (nSPS) is 11.8. The Morgan fingerprint density at radius 2 is 2.00 bits per heavy atom. The number of nitrogens with zero attached hydrogens (tertiary/aromatic N) is 1. The molecule has 1 atom stereocenters. The summed E-state index contributed by atoms with van der Waals surface area (Å²) in [4.78, 5) is 15.5. The zero-order chi connectivity index (χ0) is 12.8. The van der Waals surface area contributed by atoms with Crippen molar-refractivity contribution in [1.82, 2.24) is 4.98 Å².